The van der Waals surface area contributed by atoms with Gasteiger partial charge in [0.1, 0.15) is 0 Å². The van der Waals surface area contributed by atoms with Gasteiger partial charge in [-0.05, 0) is 50.4 Å². The van der Waals surface area contributed by atoms with E-state index in [1.54, 1.807) is 6.20 Å². The zero-order chi connectivity index (χ0) is 10.5. The van der Waals surface area contributed by atoms with Gasteiger partial charge in [-0.3, -0.25) is 0 Å². The van der Waals surface area contributed by atoms with Crippen molar-refractivity contribution in [2.75, 3.05) is 19.7 Å². The molecular formula is C12H19ClN2O. The average Bonchev–Trinajstić information content (AvgIpc) is 2.28. The van der Waals surface area contributed by atoms with E-state index in [0.29, 0.717) is 5.92 Å². The van der Waals surface area contributed by atoms with E-state index in [9.17, 15) is 0 Å². The summed E-state index contributed by atoms with van der Waals surface area (Å²) in [5.74, 6) is 1.45. The highest BCUT2D eigenvalue weighted by Crippen LogP contribution is 2.14. The zero-order valence-electron chi connectivity index (χ0n) is 9.61. The van der Waals surface area contributed by atoms with E-state index in [4.69, 9.17) is 4.74 Å². The molecule has 4 heteroatoms. The summed E-state index contributed by atoms with van der Waals surface area (Å²) in [6, 6.07) is 3.97. The van der Waals surface area contributed by atoms with Crippen molar-refractivity contribution in [1.29, 1.82) is 0 Å². The fourth-order valence-electron chi connectivity index (χ4n) is 1.84. The molecule has 1 saturated heterocycles. The average molecular weight is 243 g/mol. The third kappa shape index (κ3) is 3.99. The van der Waals surface area contributed by atoms with Crippen LogP contribution in [0.1, 0.15) is 18.4 Å². The van der Waals surface area contributed by atoms with Crippen LogP contribution >= 0.6 is 12.4 Å². The van der Waals surface area contributed by atoms with Gasteiger partial charge >= 0.3 is 0 Å². The first-order valence-corrected chi connectivity index (χ1v) is 5.61. The largest absolute Gasteiger partial charge is 0.477 e. The van der Waals surface area contributed by atoms with E-state index >= 15 is 0 Å². The Hall–Kier alpha value is -0.800. The molecule has 3 nitrogen and oxygen atoms in total. The second-order valence-corrected chi connectivity index (χ2v) is 4.18. The van der Waals surface area contributed by atoms with Crippen LogP contribution < -0.4 is 10.1 Å². The van der Waals surface area contributed by atoms with Gasteiger partial charge in [0.15, 0.2) is 0 Å². The van der Waals surface area contributed by atoms with Gasteiger partial charge in [0.05, 0.1) is 6.61 Å². The van der Waals surface area contributed by atoms with Gasteiger partial charge in [-0.1, -0.05) is 0 Å². The topological polar surface area (TPSA) is 34.1 Å². The number of pyridine rings is 1. The molecule has 1 aromatic rings. The van der Waals surface area contributed by atoms with Crippen molar-refractivity contribution in [1.82, 2.24) is 10.3 Å². The van der Waals surface area contributed by atoms with Crippen LogP contribution in [0, 0.1) is 12.8 Å². The van der Waals surface area contributed by atoms with Crippen LogP contribution in [0.15, 0.2) is 18.3 Å². The van der Waals surface area contributed by atoms with Crippen LogP contribution in [0.2, 0.25) is 0 Å². The summed E-state index contributed by atoms with van der Waals surface area (Å²) < 4.78 is 5.69. The summed E-state index contributed by atoms with van der Waals surface area (Å²) in [6.45, 7) is 5.10. The van der Waals surface area contributed by atoms with Gasteiger partial charge in [-0.2, -0.15) is 0 Å². The molecule has 1 aliphatic rings. The Labute approximate surface area is 103 Å². The van der Waals surface area contributed by atoms with Gasteiger partial charge in [-0.15, -0.1) is 12.4 Å². The minimum atomic E-state index is 0. The molecule has 2 heterocycles. The molecule has 1 N–H and O–H groups in total. The molecule has 0 aromatic carbocycles. The molecule has 0 atom stereocenters. The number of aryl methyl sites for hydroxylation is 1. The number of hydrogen-bond donors (Lipinski definition) is 1. The van der Waals surface area contributed by atoms with Crippen molar-refractivity contribution in [3.8, 4) is 5.88 Å². The Balaban J connectivity index is 0.00000128. The molecule has 1 fully saturated rings. The van der Waals surface area contributed by atoms with E-state index in [0.717, 1.165) is 25.6 Å². The van der Waals surface area contributed by atoms with Crippen molar-refractivity contribution in [2.45, 2.75) is 19.8 Å². The number of halogens is 1. The number of ether oxygens (including phenoxy) is 1. The third-order valence-electron chi connectivity index (χ3n) is 2.82. The molecule has 2 rings (SSSR count). The predicted octanol–water partition coefficient (Wildman–Crippen LogP) is 2.19. The first-order chi connectivity index (χ1) is 7.34. The number of rotatable bonds is 3. The van der Waals surface area contributed by atoms with Crippen LogP contribution in [0.25, 0.3) is 0 Å². The van der Waals surface area contributed by atoms with Crippen LogP contribution in [0.3, 0.4) is 0 Å². The maximum atomic E-state index is 5.69. The van der Waals surface area contributed by atoms with Crippen LogP contribution in [0.4, 0.5) is 0 Å². The normalized spacial score (nSPS) is 16.6. The lowest BCUT2D eigenvalue weighted by atomic mass is 9.99. The molecule has 0 unspecified atom stereocenters. The predicted molar refractivity (Wildman–Crippen MR) is 67.3 cm³/mol. The van der Waals surface area contributed by atoms with E-state index < -0.39 is 0 Å². The van der Waals surface area contributed by atoms with Crippen molar-refractivity contribution in [2.24, 2.45) is 5.92 Å². The molecule has 0 bridgehead atoms. The highest BCUT2D eigenvalue weighted by molar-refractivity contribution is 5.85. The minimum absolute atomic E-state index is 0. The van der Waals surface area contributed by atoms with Gasteiger partial charge in [0.25, 0.3) is 0 Å². The summed E-state index contributed by atoms with van der Waals surface area (Å²) in [5.41, 5.74) is 1.20. The molecule has 0 amide bonds. The molecule has 1 aromatic heterocycles. The Morgan fingerprint density at radius 1 is 1.44 bits per heavy atom. The third-order valence-corrected chi connectivity index (χ3v) is 2.82. The monoisotopic (exact) mass is 242 g/mol. The fraction of sp³-hybridized carbons (Fsp3) is 0.583. The van der Waals surface area contributed by atoms with E-state index in [-0.39, 0.29) is 12.4 Å². The summed E-state index contributed by atoms with van der Waals surface area (Å²) in [6.07, 6.45) is 4.23. The van der Waals surface area contributed by atoms with Gasteiger partial charge in [0.2, 0.25) is 5.88 Å². The van der Waals surface area contributed by atoms with E-state index in [1.165, 1.54) is 18.4 Å². The van der Waals surface area contributed by atoms with E-state index in [1.807, 2.05) is 12.1 Å². The molecule has 1 aliphatic heterocycles. The first-order valence-electron chi connectivity index (χ1n) is 5.61. The molecule has 16 heavy (non-hydrogen) atoms. The van der Waals surface area contributed by atoms with E-state index in [2.05, 4.69) is 17.2 Å². The van der Waals surface area contributed by atoms with Crippen LogP contribution in [-0.4, -0.2) is 24.7 Å². The van der Waals surface area contributed by atoms with Crippen molar-refractivity contribution in [3.63, 3.8) is 0 Å². The number of aromatic nitrogens is 1. The summed E-state index contributed by atoms with van der Waals surface area (Å²) in [5, 5.41) is 3.35. The lowest BCUT2D eigenvalue weighted by molar-refractivity contribution is 0.209. The molecule has 0 radical (unpaired) electrons. The lowest BCUT2D eigenvalue weighted by Crippen LogP contribution is -2.30. The SMILES string of the molecule is Cc1ccnc(OCC2CCNCC2)c1.Cl. The number of piperidine rings is 1. The highest BCUT2D eigenvalue weighted by atomic mass is 35.5. The number of nitrogens with zero attached hydrogens (tertiary/aromatic N) is 1. The lowest BCUT2D eigenvalue weighted by Gasteiger charge is -2.22. The Kier molecular flexibility index (Phi) is 5.56. The highest BCUT2D eigenvalue weighted by Gasteiger charge is 2.13. The quantitative estimate of drug-likeness (QED) is 0.883. The first kappa shape index (κ1) is 13.3. The maximum absolute atomic E-state index is 5.69. The zero-order valence-corrected chi connectivity index (χ0v) is 10.4. The summed E-state index contributed by atoms with van der Waals surface area (Å²) in [7, 11) is 0. The standard InChI is InChI=1S/C12H18N2O.ClH/c1-10-2-7-14-12(8-10)15-9-11-3-5-13-6-4-11;/h2,7-8,11,13H,3-6,9H2,1H3;1H. The maximum Gasteiger partial charge on any atom is 0.213 e. The van der Waals surface area contributed by atoms with Gasteiger partial charge < -0.3 is 10.1 Å². The second-order valence-electron chi connectivity index (χ2n) is 4.18. The number of hydrogen-bond acceptors (Lipinski definition) is 3. The molecule has 90 valence electrons. The van der Waals surface area contributed by atoms with Crippen molar-refractivity contribution in [3.05, 3.63) is 23.9 Å². The molecular weight excluding hydrogens is 224 g/mol. The van der Waals surface area contributed by atoms with Crippen molar-refractivity contribution < 1.29 is 4.74 Å². The fourth-order valence-corrected chi connectivity index (χ4v) is 1.84. The molecule has 0 spiro atoms. The van der Waals surface area contributed by atoms with Gasteiger partial charge in [0, 0.05) is 12.3 Å². The van der Waals surface area contributed by atoms with Crippen molar-refractivity contribution >= 4 is 12.4 Å². The Morgan fingerprint density at radius 3 is 2.88 bits per heavy atom. The second kappa shape index (κ2) is 6.71. The Bertz CT molecular complexity index is 314. The molecule has 0 saturated carbocycles. The summed E-state index contributed by atoms with van der Waals surface area (Å²) >= 11 is 0. The molecule has 0 aliphatic carbocycles. The smallest absolute Gasteiger partial charge is 0.213 e. The van der Waals surface area contributed by atoms with Gasteiger partial charge in [-0.25, -0.2) is 4.98 Å². The number of nitrogens with one attached hydrogen (secondary N) is 1. The minimum Gasteiger partial charge on any atom is -0.477 e. The summed E-state index contributed by atoms with van der Waals surface area (Å²) in [4.78, 5) is 4.19. The van der Waals surface area contributed by atoms with Crippen LogP contribution in [0.5, 0.6) is 5.88 Å². The van der Waals surface area contributed by atoms with Crippen LogP contribution in [-0.2, 0) is 0 Å². The Morgan fingerprint density at radius 2 is 2.19 bits per heavy atom.